The molecule has 0 atom stereocenters. The Bertz CT molecular complexity index is 1090. The van der Waals surface area contributed by atoms with E-state index in [0.29, 0.717) is 42.6 Å². The number of para-hydroxylation sites is 1. The van der Waals surface area contributed by atoms with Gasteiger partial charge in [0.05, 0.1) is 24.5 Å². The van der Waals surface area contributed by atoms with Crippen LogP contribution < -0.4 is 9.64 Å². The van der Waals surface area contributed by atoms with E-state index in [2.05, 4.69) is 4.90 Å². The molecule has 0 aliphatic carbocycles. The second-order valence-electron chi connectivity index (χ2n) is 7.58. The Hall–Kier alpha value is -2.81. The Morgan fingerprint density at radius 2 is 1.84 bits per heavy atom. The average molecular weight is 454 g/mol. The van der Waals surface area contributed by atoms with Crippen molar-refractivity contribution in [1.29, 1.82) is 0 Å². The van der Waals surface area contributed by atoms with Crippen molar-refractivity contribution in [3.05, 3.63) is 53.6 Å². The van der Waals surface area contributed by atoms with Crippen molar-refractivity contribution >= 4 is 38.4 Å². The third kappa shape index (κ3) is 4.98. The van der Waals surface area contributed by atoms with Gasteiger partial charge in [-0.1, -0.05) is 29.5 Å². The number of amides is 1. The molecule has 4 rings (SSSR count). The highest BCUT2D eigenvalue weighted by atomic mass is 32.1. The van der Waals surface area contributed by atoms with Gasteiger partial charge in [0.2, 0.25) is 0 Å². The molecule has 8 heteroatoms. The molecule has 1 amide bonds. The number of fused-ring (bicyclic) bond motifs is 1. The van der Waals surface area contributed by atoms with Gasteiger partial charge >= 0.3 is 0 Å². The lowest BCUT2D eigenvalue weighted by Gasteiger charge is -2.29. The van der Waals surface area contributed by atoms with Gasteiger partial charge in [0.25, 0.3) is 5.91 Å². The smallest absolute Gasteiger partial charge is 0.260 e. The van der Waals surface area contributed by atoms with Crippen LogP contribution in [-0.4, -0.2) is 67.6 Å². The number of benzene rings is 2. The number of aromatic nitrogens is 1. The first-order chi connectivity index (χ1) is 15.6. The zero-order valence-corrected chi connectivity index (χ0v) is 19.2. The predicted molar refractivity (Wildman–Crippen MR) is 126 cm³/mol. The second-order valence-corrected chi connectivity index (χ2v) is 8.59. The maximum absolute atomic E-state index is 13.5. The molecule has 0 unspecified atom stereocenters. The highest BCUT2D eigenvalue weighted by molar-refractivity contribution is 7.22. The van der Waals surface area contributed by atoms with Crippen molar-refractivity contribution in [2.45, 2.75) is 13.8 Å². The van der Waals surface area contributed by atoms with Crippen LogP contribution in [0.15, 0.2) is 42.5 Å². The van der Waals surface area contributed by atoms with Crippen LogP contribution in [0, 0.1) is 0 Å². The molecule has 1 aliphatic rings. The second kappa shape index (κ2) is 10.2. The number of nitrogens with zero attached hydrogens (tertiary/aromatic N) is 3. The Balaban J connectivity index is 1.65. The van der Waals surface area contributed by atoms with Crippen LogP contribution in [0.4, 0.5) is 5.13 Å². The fourth-order valence-electron chi connectivity index (χ4n) is 3.65. The fraction of sp³-hybridized carbons (Fsp3) is 0.375. The van der Waals surface area contributed by atoms with Crippen molar-refractivity contribution < 1.29 is 19.1 Å². The van der Waals surface area contributed by atoms with Gasteiger partial charge in [0.1, 0.15) is 11.3 Å². The van der Waals surface area contributed by atoms with E-state index < -0.39 is 0 Å². The molecule has 0 radical (unpaired) electrons. The summed E-state index contributed by atoms with van der Waals surface area (Å²) in [5.41, 5.74) is 1.88. The lowest BCUT2D eigenvalue weighted by atomic mass is 10.1. The van der Waals surface area contributed by atoms with E-state index in [1.54, 1.807) is 29.2 Å². The number of ether oxygens (including phenoxy) is 2. The number of carbonyl (C=O) groups is 2. The normalized spacial score (nSPS) is 14.4. The van der Waals surface area contributed by atoms with Crippen molar-refractivity contribution in [2.24, 2.45) is 0 Å². The van der Waals surface area contributed by atoms with Crippen molar-refractivity contribution in [3.63, 3.8) is 0 Å². The summed E-state index contributed by atoms with van der Waals surface area (Å²) >= 11 is 1.48. The summed E-state index contributed by atoms with van der Waals surface area (Å²) in [6.45, 7) is 8.36. The fourth-order valence-corrected chi connectivity index (χ4v) is 4.66. The van der Waals surface area contributed by atoms with Gasteiger partial charge in [0, 0.05) is 37.3 Å². The van der Waals surface area contributed by atoms with Crippen LogP contribution in [0.5, 0.6) is 5.75 Å². The molecule has 2 heterocycles. The topological polar surface area (TPSA) is 72.0 Å². The molecule has 0 saturated carbocycles. The van der Waals surface area contributed by atoms with Gasteiger partial charge in [-0.05, 0) is 38.1 Å². The third-order valence-electron chi connectivity index (χ3n) is 5.43. The zero-order valence-electron chi connectivity index (χ0n) is 18.4. The molecule has 1 fully saturated rings. The first kappa shape index (κ1) is 22.4. The molecule has 1 aromatic heterocycles. The summed E-state index contributed by atoms with van der Waals surface area (Å²) in [5.74, 6) is 0.562. The van der Waals surface area contributed by atoms with Gasteiger partial charge in [0.15, 0.2) is 10.9 Å². The zero-order chi connectivity index (χ0) is 22.5. The standard InChI is InChI=1S/C24H27N3O4S/c1-3-31-20-5-4-6-21-22(20)25-24(32-21)27(12-11-26-13-15-30-16-14-26)23(29)19-9-7-18(8-10-19)17(2)28/h4-10H,3,11-16H2,1-2H3. The van der Waals surface area contributed by atoms with Crippen LogP contribution in [0.2, 0.25) is 0 Å². The van der Waals surface area contributed by atoms with E-state index in [1.807, 2.05) is 25.1 Å². The van der Waals surface area contributed by atoms with E-state index in [4.69, 9.17) is 14.5 Å². The monoisotopic (exact) mass is 453 g/mol. The number of thiazole rings is 1. The van der Waals surface area contributed by atoms with Crippen LogP contribution in [0.25, 0.3) is 10.2 Å². The van der Waals surface area contributed by atoms with Gasteiger partial charge in [-0.3, -0.25) is 19.4 Å². The van der Waals surface area contributed by atoms with E-state index in [1.165, 1.54) is 18.3 Å². The van der Waals surface area contributed by atoms with Crippen molar-refractivity contribution in [3.8, 4) is 5.75 Å². The highest BCUT2D eigenvalue weighted by Crippen LogP contribution is 2.34. The maximum Gasteiger partial charge on any atom is 0.260 e. The minimum Gasteiger partial charge on any atom is -0.492 e. The lowest BCUT2D eigenvalue weighted by Crippen LogP contribution is -2.43. The Kier molecular flexibility index (Phi) is 7.14. The summed E-state index contributed by atoms with van der Waals surface area (Å²) in [6, 6.07) is 12.6. The van der Waals surface area contributed by atoms with E-state index in [-0.39, 0.29) is 11.7 Å². The SMILES string of the molecule is CCOc1cccc2sc(N(CCN3CCOCC3)C(=O)c3ccc(C(C)=O)cc3)nc12. The molecule has 0 N–H and O–H groups in total. The van der Waals surface area contributed by atoms with Gasteiger partial charge in [-0.15, -0.1) is 0 Å². The van der Waals surface area contributed by atoms with Crippen LogP contribution in [0.3, 0.4) is 0 Å². The summed E-state index contributed by atoms with van der Waals surface area (Å²) < 4.78 is 12.1. The van der Waals surface area contributed by atoms with E-state index in [0.717, 1.165) is 35.6 Å². The number of morpholine rings is 1. The Labute approximate surface area is 191 Å². The minimum absolute atomic E-state index is 0.0252. The maximum atomic E-state index is 13.5. The molecular formula is C24H27N3O4S. The number of anilines is 1. The number of rotatable bonds is 8. The lowest BCUT2D eigenvalue weighted by molar-refractivity contribution is 0.0391. The van der Waals surface area contributed by atoms with E-state index in [9.17, 15) is 9.59 Å². The molecule has 0 spiro atoms. The number of Topliss-reactive ketones (excluding diaryl/α,β-unsaturated/α-hetero) is 1. The summed E-state index contributed by atoms with van der Waals surface area (Å²) in [5, 5.41) is 0.640. The molecule has 2 aromatic carbocycles. The molecule has 1 aliphatic heterocycles. The highest BCUT2D eigenvalue weighted by Gasteiger charge is 2.24. The third-order valence-corrected chi connectivity index (χ3v) is 6.47. The summed E-state index contributed by atoms with van der Waals surface area (Å²) in [7, 11) is 0. The summed E-state index contributed by atoms with van der Waals surface area (Å²) in [6.07, 6.45) is 0. The molecule has 1 saturated heterocycles. The van der Waals surface area contributed by atoms with Crippen molar-refractivity contribution in [1.82, 2.24) is 9.88 Å². The summed E-state index contributed by atoms with van der Waals surface area (Å²) in [4.78, 5) is 33.9. The van der Waals surface area contributed by atoms with Crippen LogP contribution in [-0.2, 0) is 4.74 Å². The molecule has 7 nitrogen and oxygen atoms in total. The van der Waals surface area contributed by atoms with Gasteiger partial charge in [-0.2, -0.15) is 0 Å². The molecule has 0 bridgehead atoms. The van der Waals surface area contributed by atoms with E-state index >= 15 is 0 Å². The molecule has 32 heavy (non-hydrogen) atoms. The van der Waals surface area contributed by atoms with Crippen LogP contribution in [0.1, 0.15) is 34.6 Å². The largest absolute Gasteiger partial charge is 0.492 e. The first-order valence-corrected chi connectivity index (χ1v) is 11.6. The quantitative estimate of drug-likeness (QED) is 0.482. The first-order valence-electron chi connectivity index (χ1n) is 10.8. The molecular weight excluding hydrogens is 426 g/mol. The number of hydrogen-bond acceptors (Lipinski definition) is 7. The van der Waals surface area contributed by atoms with Crippen molar-refractivity contribution in [2.75, 3.05) is 50.9 Å². The Morgan fingerprint density at radius 3 is 2.53 bits per heavy atom. The average Bonchev–Trinajstić information content (AvgIpc) is 3.25. The molecule has 168 valence electrons. The number of carbonyl (C=O) groups excluding carboxylic acids is 2. The molecule has 3 aromatic rings. The van der Waals surface area contributed by atoms with Crippen LogP contribution >= 0.6 is 11.3 Å². The predicted octanol–water partition coefficient (Wildman–Crippen LogP) is 3.88. The minimum atomic E-state index is -0.134. The van der Waals surface area contributed by atoms with Gasteiger partial charge in [-0.25, -0.2) is 4.98 Å². The number of hydrogen-bond donors (Lipinski definition) is 0. The Morgan fingerprint density at radius 1 is 1.12 bits per heavy atom. The van der Waals surface area contributed by atoms with Gasteiger partial charge < -0.3 is 9.47 Å². The number of ketones is 1.